The van der Waals surface area contributed by atoms with Gasteiger partial charge in [-0.15, -0.1) is 11.3 Å². The lowest BCUT2D eigenvalue weighted by molar-refractivity contribution is -0.133. The summed E-state index contributed by atoms with van der Waals surface area (Å²) in [6, 6.07) is 9.41. The second-order valence-electron chi connectivity index (χ2n) is 3.99. The quantitative estimate of drug-likeness (QED) is 0.466. The van der Waals surface area contributed by atoms with Crippen LogP contribution in [0.3, 0.4) is 0 Å². The zero-order valence-electron chi connectivity index (χ0n) is 11.7. The fourth-order valence-corrected chi connectivity index (χ4v) is 2.47. The summed E-state index contributed by atoms with van der Waals surface area (Å²) in [4.78, 5) is 16.7. The monoisotopic (exact) mass is 305 g/mol. The van der Waals surface area contributed by atoms with Gasteiger partial charge in [-0.2, -0.15) is 0 Å². The van der Waals surface area contributed by atoms with Gasteiger partial charge in [0, 0.05) is 0 Å². The van der Waals surface area contributed by atoms with E-state index in [4.69, 9.17) is 14.2 Å². The fourth-order valence-electron chi connectivity index (χ4n) is 1.68. The third-order valence-electron chi connectivity index (χ3n) is 2.65. The van der Waals surface area contributed by atoms with Crippen molar-refractivity contribution in [1.29, 1.82) is 0 Å². The van der Waals surface area contributed by atoms with Gasteiger partial charge in [0.25, 0.3) is 0 Å². The van der Waals surface area contributed by atoms with E-state index in [9.17, 15) is 4.79 Å². The van der Waals surface area contributed by atoms with Crippen molar-refractivity contribution >= 4 is 22.9 Å². The highest BCUT2D eigenvalue weighted by molar-refractivity contribution is 7.11. The molecule has 6 heteroatoms. The molecule has 5 nitrogen and oxygen atoms in total. The number of hydrogen-bond acceptors (Lipinski definition) is 6. The van der Waals surface area contributed by atoms with Gasteiger partial charge in [-0.05, 0) is 12.1 Å². The minimum absolute atomic E-state index is 0.265. The third-order valence-corrected chi connectivity index (χ3v) is 3.55. The van der Waals surface area contributed by atoms with Crippen molar-refractivity contribution in [2.45, 2.75) is 6.61 Å². The number of thiazole rings is 1. The van der Waals surface area contributed by atoms with Crippen molar-refractivity contribution in [1.82, 2.24) is 4.98 Å². The second kappa shape index (κ2) is 7.44. The number of nitrogens with zero attached hydrogens (tertiary/aromatic N) is 1. The molecule has 0 unspecified atom stereocenters. The zero-order valence-corrected chi connectivity index (χ0v) is 12.6. The lowest BCUT2D eigenvalue weighted by atomic mass is 10.2. The largest absolute Gasteiger partial charge is 0.503 e. The summed E-state index contributed by atoms with van der Waals surface area (Å²) in [7, 11) is 2.80. The van der Waals surface area contributed by atoms with Crippen molar-refractivity contribution < 1.29 is 19.0 Å². The van der Waals surface area contributed by atoms with Crippen LogP contribution in [0.4, 0.5) is 0 Å². The Labute approximate surface area is 126 Å². The van der Waals surface area contributed by atoms with E-state index in [-0.39, 0.29) is 6.61 Å². The average Bonchev–Trinajstić information content (AvgIpc) is 2.99. The van der Waals surface area contributed by atoms with Crippen LogP contribution in [-0.2, 0) is 20.9 Å². The molecule has 1 aromatic heterocycles. The van der Waals surface area contributed by atoms with Crippen LogP contribution in [0, 0.1) is 0 Å². The zero-order chi connectivity index (χ0) is 15.1. The molecule has 0 radical (unpaired) electrons. The van der Waals surface area contributed by atoms with Gasteiger partial charge in [0.15, 0.2) is 0 Å². The Morgan fingerprint density at radius 3 is 2.71 bits per heavy atom. The number of benzene rings is 1. The predicted octanol–water partition coefficient (Wildman–Crippen LogP) is 2.88. The summed E-state index contributed by atoms with van der Waals surface area (Å²) in [5.74, 6) is 0.272. The van der Waals surface area contributed by atoms with E-state index in [1.807, 2.05) is 30.3 Å². The van der Waals surface area contributed by atoms with E-state index >= 15 is 0 Å². The molecule has 2 aromatic rings. The van der Waals surface area contributed by atoms with Gasteiger partial charge < -0.3 is 14.2 Å². The van der Waals surface area contributed by atoms with Crippen LogP contribution in [0.2, 0.25) is 0 Å². The first-order valence-corrected chi connectivity index (χ1v) is 7.06. The normalized spacial score (nSPS) is 11.0. The molecule has 1 heterocycles. The van der Waals surface area contributed by atoms with Crippen LogP contribution in [0.25, 0.3) is 5.57 Å². The molecule has 21 heavy (non-hydrogen) atoms. The Hall–Kier alpha value is -2.34. The summed E-state index contributed by atoms with van der Waals surface area (Å²) in [5.41, 5.74) is 2.65. The molecular formula is C15H15NO4S. The first-order chi connectivity index (χ1) is 10.3. The van der Waals surface area contributed by atoms with Crippen molar-refractivity contribution in [3.8, 4) is 5.75 Å². The molecule has 0 aliphatic rings. The lowest BCUT2D eigenvalue weighted by Crippen LogP contribution is -2.06. The Kier molecular flexibility index (Phi) is 5.34. The van der Waals surface area contributed by atoms with Gasteiger partial charge in [-0.3, -0.25) is 0 Å². The van der Waals surface area contributed by atoms with E-state index in [2.05, 4.69) is 4.98 Å². The number of methoxy groups -OCH3 is 2. The summed E-state index contributed by atoms with van der Waals surface area (Å²) in [5, 5.41) is 0. The van der Waals surface area contributed by atoms with Crippen LogP contribution in [0.1, 0.15) is 10.6 Å². The van der Waals surface area contributed by atoms with Gasteiger partial charge in [-0.1, -0.05) is 18.2 Å². The second-order valence-corrected chi connectivity index (χ2v) is 4.84. The topological polar surface area (TPSA) is 57.7 Å². The van der Waals surface area contributed by atoms with Crippen LogP contribution in [0.15, 0.2) is 42.1 Å². The van der Waals surface area contributed by atoms with Gasteiger partial charge >= 0.3 is 5.97 Å². The maximum absolute atomic E-state index is 11.8. The minimum Gasteiger partial charge on any atom is -0.503 e. The first-order valence-electron chi connectivity index (χ1n) is 6.18. The lowest BCUT2D eigenvalue weighted by Gasteiger charge is -2.07. The van der Waals surface area contributed by atoms with Gasteiger partial charge in [0.05, 0.1) is 36.6 Å². The van der Waals surface area contributed by atoms with Crippen molar-refractivity contribution in [2.75, 3.05) is 14.2 Å². The molecule has 110 valence electrons. The first kappa shape index (κ1) is 15.1. The number of esters is 1. The van der Waals surface area contributed by atoms with E-state index in [1.165, 1.54) is 31.8 Å². The molecule has 0 aliphatic heterocycles. The average molecular weight is 305 g/mol. The number of rotatable bonds is 6. The van der Waals surface area contributed by atoms with Gasteiger partial charge in [0.1, 0.15) is 17.9 Å². The molecule has 0 bridgehead atoms. The molecule has 0 atom stereocenters. The summed E-state index contributed by atoms with van der Waals surface area (Å²) >= 11 is 1.34. The maximum atomic E-state index is 11.8. The van der Waals surface area contributed by atoms with Crippen molar-refractivity contribution in [3.05, 3.63) is 52.7 Å². The van der Waals surface area contributed by atoms with Crippen molar-refractivity contribution in [3.63, 3.8) is 0 Å². The molecular weight excluding hydrogens is 290 g/mol. The molecule has 0 spiro atoms. The third kappa shape index (κ3) is 3.82. The fraction of sp³-hybridized carbons (Fsp3) is 0.200. The van der Waals surface area contributed by atoms with E-state index < -0.39 is 5.97 Å². The minimum atomic E-state index is -0.470. The van der Waals surface area contributed by atoms with Crippen LogP contribution in [-0.4, -0.2) is 25.2 Å². The van der Waals surface area contributed by atoms with E-state index in [1.54, 1.807) is 5.51 Å². The summed E-state index contributed by atoms with van der Waals surface area (Å²) in [6.07, 6.45) is 1.35. The highest BCUT2D eigenvalue weighted by atomic mass is 32.1. The van der Waals surface area contributed by atoms with E-state index in [0.29, 0.717) is 16.1 Å². The molecule has 2 rings (SSSR count). The molecule has 0 amide bonds. The van der Waals surface area contributed by atoms with Crippen LogP contribution in [0.5, 0.6) is 5.75 Å². The standard InChI is InChI=1S/C15H15NO4S/c1-18-8-12(15(17)19-2)14-13(16-10-21-14)9-20-11-6-4-3-5-7-11/h3-8,10H,9H2,1-2H3. The molecule has 1 aromatic carbocycles. The number of carbonyl (C=O) groups is 1. The van der Waals surface area contributed by atoms with Gasteiger partial charge in [0.2, 0.25) is 0 Å². The van der Waals surface area contributed by atoms with Gasteiger partial charge in [-0.25, -0.2) is 9.78 Å². The highest BCUT2D eigenvalue weighted by Crippen LogP contribution is 2.25. The SMILES string of the molecule is COC=C(C(=O)OC)c1scnc1COc1ccccc1. The molecule has 0 saturated carbocycles. The van der Waals surface area contributed by atoms with Crippen molar-refractivity contribution in [2.24, 2.45) is 0 Å². The Balaban J connectivity index is 2.17. The smallest absolute Gasteiger partial charge is 0.342 e. The molecule has 0 N–H and O–H groups in total. The predicted molar refractivity (Wildman–Crippen MR) is 79.9 cm³/mol. The Morgan fingerprint density at radius 1 is 1.29 bits per heavy atom. The van der Waals surface area contributed by atoms with Crippen LogP contribution < -0.4 is 4.74 Å². The molecule has 0 saturated heterocycles. The summed E-state index contributed by atoms with van der Waals surface area (Å²) < 4.78 is 15.4. The molecule has 0 fully saturated rings. The Bertz CT molecular complexity index is 622. The number of ether oxygens (including phenoxy) is 3. The summed E-state index contributed by atoms with van der Waals surface area (Å²) in [6.45, 7) is 0.265. The van der Waals surface area contributed by atoms with E-state index in [0.717, 1.165) is 5.75 Å². The Morgan fingerprint density at radius 2 is 2.05 bits per heavy atom. The maximum Gasteiger partial charge on any atom is 0.342 e. The number of carbonyl (C=O) groups excluding carboxylic acids is 1. The molecule has 0 aliphatic carbocycles. The van der Waals surface area contributed by atoms with Crippen LogP contribution >= 0.6 is 11.3 Å². The number of hydrogen-bond donors (Lipinski definition) is 0. The number of para-hydroxylation sites is 1. The highest BCUT2D eigenvalue weighted by Gasteiger charge is 2.19. The number of aromatic nitrogens is 1.